The van der Waals surface area contributed by atoms with Crippen molar-refractivity contribution in [2.75, 3.05) is 66.3 Å². The average molecular weight is 512 g/mol. The fourth-order valence-corrected chi connectivity index (χ4v) is 3.99. The lowest BCUT2D eigenvalue weighted by Crippen LogP contribution is -2.53. The van der Waals surface area contributed by atoms with Crippen LogP contribution in [0.2, 0.25) is 0 Å². The third-order valence-electron chi connectivity index (χ3n) is 5.68. The van der Waals surface area contributed by atoms with Crippen LogP contribution < -0.4 is 10.6 Å². The highest BCUT2D eigenvalue weighted by Crippen LogP contribution is 2.19. The van der Waals surface area contributed by atoms with E-state index in [-0.39, 0.29) is 30.1 Å². The molecule has 8 heteroatoms. The van der Waals surface area contributed by atoms with Gasteiger partial charge in [-0.15, -0.1) is 24.0 Å². The molecule has 0 bridgehead atoms. The Labute approximate surface area is 188 Å². The smallest absolute Gasteiger partial charge is 0.191 e. The molecule has 2 saturated heterocycles. The van der Waals surface area contributed by atoms with Crippen molar-refractivity contribution in [1.29, 1.82) is 0 Å². The molecule has 2 aliphatic heterocycles. The largest absolute Gasteiger partial charge is 0.379 e. The molecule has 0 aliphatic carbocycles. The normalized spacial score (nSPS) is 22.1. The number of nitrogens with zero attached hydrogens (tertiary/aromatic N) is 2. The van der Waals surface area contributed by atoms with Crippen LogP contribution in [0, 0.1) is 5.92 Å². The lowest BCUT2D eigenvalue weighted by molar-refractivity contribution is 0.00269. The monoisotopic (exact) mass is 512 g/mol. The number of nitrogens with one attached hydrogen (secondary N) is 2. The summed E-state index contributed by atoms with van der Waals surface area (Å²) in [6.45, 7) is 12.2. The van der Waals surface area contributed by atoms with E-state index in [1.165, 1.54) is 12.8 Å². The van der Waals surface area contributed by atoms with Crippen LogP contribution in [0.4, 0.5) is 0 Å². The minimum absolute atomic E-state index is 0. The maximum atomic E-state index is 5.71. The zero-order chi connectivity index (χ0) is 19.3. The third-order valence-corrected chi connectivity index (χ3v) is 5.68. The SMILES string of the molecule is CCC(CC)C(CNC(=NC)NCCOCC1CCCO1)N1CCOCC1.I. The highest BCUT2D eigenvalue weighted by Gasteiger charge is 2.27. The second kappa shape index (κ2) is 15.6. The number of rotatable bonds is 11. The molecule has 166 valence electrons. The Hall–Kier alpha value is -0.160. The van der Waals surface area contributed by atoms with Gasteiger partial charge in [0.15, 0.2) is 5.96 Å². The summed E-state index contributed by atoms with van der Waals surface area (Å²) in [6.07, 6.45) is 4.96. The third kappa shape index (κ3) is 9.11. The van der Waals surface area contributed by atoms with Gasteiger partial charge in [0, 0.05) is 45.9 Å². The molecule has 2 heterocycles. The highest BCUT2D eigenvalue weighted by molar-refractivity contribution is 14.0. The molecular formula is C20H41IN4O3. The Morgan fingerprint density at radius 1 is 1.18 bits per heavy atom. The van der Waals surface area contributed by atoms with Crippen molar-refractivity contribution in [3.05, 3.63) is 0 Å². The van der Waals surface area contributed by atoms with E-state index in [4.69, 9.17) is 14.2 Å². The molecule has 2 atom stereocenters. The Kier molecular flexibility index (Phi) is 14.5. The lowest BCUT2D eigenvalue weighted by Gasteiger charge is -2.39. The van der Waals surface area contributed by atoms with Crippen LogP contribution in [0.15, 0.2) is 4.99 Å². The lowest BCUT2D eigenvalue weighted by atomic mass is 9.92. The molecular weight excluding hydrogens is 471 g/mol. The van der Waals surface area contributed by atoms with E-state index in [1.807, 2.05) is 7.05 Å². The summed E-state index contributed by atoms with van der Waals surface area (Å²) >= 11 is 0. The fraction of sp³-hybridized carbons (Fsp3) is 0.950. The molecule has 2 N–H and O–H groups in total. The molecule has 0 aromatic rings. The maximum absolute atomic E-state index is 5.71. The summed E-state index contributed by atoms with van der Waals surface area (Å²) in [5.41, 5.74) is 0. The molecule has 2 unspecified atom stereocenters. The van der Waals surface area contributed by atoms with Crippen LogP contribution in [0.1, 0.15) is 39.5 Å². The quantitative estimate of drug-likeness (QED) is 0.191. The minimum Gasteiger partial charge on any atom is -0.379 e. The average Bonchev–Trinajstić information content (AvgIpc) is 3.23. The second-order valence-corrected chi connectivity index (χ2v) is 7.38. The van der Waals surface area contributed by atoms with Gasteiger partial charge in [-0.2, -0.15) is 0 Å². The van der Waals surface area contributed by atoms with Crippen molar-refractivity contribution < 1.29 is 14.2 Å². The summed E-state index contributed by atoms with van der Waals surface area (Å²) in [4.78, 5) is 6.94. The molecule has 0 aromatic carbocycles. The molecule has 0 aromatic heterocycles. The van der Waals surface area contributed by atoms with E-state index in [1.54, 1.807) is 0 Å². The summed E-state index contributed by atoms with van der Waals surface area (Å²) < 4.78 is 16.8. The molecule has 0 saturated carbocycles. The molecule has 2 aliphatic rings. The van der Waals surface area contributed by atoms with Gasteiger partial charge in [0.2, 0.25) is 0 Å². The number of guanidine groups is 1. The van der Waals surface area contributed by atoms with Crippen LogP contribution in [0.5, 0.6) is 0 Å². The Bertz CT molecular complexity index is 412. The van der Waals surface area contributed by atoms with Crippen LogP contribution in [0.25, 0.3) is 0 Å². The number of aliphatic imine (C=N–C) groups is 1. The van der Waals surface area contributed by atoms with E-state index < -0.39 is 0 Å². The summed E-state index contributed by atoms with van der Waals surface area (Å²) in [6, 6.07) is 0.512. The molecule has 2 fully saturated rings. The Morgan fingerprint density at radius 2 is 1.93 bits per heavy atom. The van der Waals surface area contributed by atoms with Crippen molar-refractivity contribution >= 4 is 29.9 Å². The summed E-state index contributed by atoms with van der Waals surface area (Å²) in [5.74, 6) is 1.53. The van der Waals surface area contributed by atoms with E-state index in [0.717, 1.165) is 64.8 Å². The predicted octanol–water partition coefficient (Wildman–Crippen LogP) is 2.10. The number of halogens is 1. The fourth-order valence-electron chi connectivity index (χ4n) is 3.99. The van der Waals surface area contributed by atoms with Gasteiger partial charge in [-0.3, -0.25) is 9.89 Å². The molecule has 0 amide bonds. The van der Waals surface area contributed by atoms with Crippen molar-refractivity contribution in [2.24, 2.45) is 10.9 Å². The zero-order valence-electron chi connectivity index (χ0n) is 18.0. The first-order valence-corrected chi connectivity index (χ1v) is 10.7. The first kappa shape index (κ1) is 25.9. The molecule has 7 nitrogen and oxygen atoms in total. The summed E-state index contributed by atoms with van der Waals surface area (Å²) in [7, 11) is 1.82. The van der Waals surface area contributed by atoms with Crippen LogP contribution in [-0.2, 0) is 14.2 Å². The number of hydrogen-bond acceptors (Lipinski definition) is 5. The van der Waals surface area contributed by atoms with Crippen molar-refractivity contribution in [3.8, 4) is 0 Å². The van der Waals surface area contributed by atoms with Gasteiger partial charge in [-0.1, -0.05) is 26.7 Å². The second-order valence-electron chi connectivity index (χ2n) is 7.38. The van der Waals surface area contributed by atoms with Gasteiger partial charge in [-0.25, -0.2) is 0 Å². The molecule has 0 radical (unpaired) electrons. The Morgan fingerprint density at radius 3 is 2.54 bits per heavy atom. The van der Waals surface area contributed by atoms with E-state index in [0.29, 0.717) is 25.2 Å². The van der Waals surface area contributed by atoms with Gasteiger partial charge in [-0.05, 0) is 18.8 Å². The van der Waals surface area contributed by atoms with E-state index >= 15 is 0 Å². The van der Waals surface area contributed by atoms with Crippen molar-refractivity contribution in [3.63, 3.8) is 0 Å². The predicted molar refractivity (Wildman–Crippen MR) is 125 cm³/mol. The molecule has 0 spiro atoms. The summed E-state index contributed by atoms with van der Waals surface area (Å²) in [5, 5.41) is 6.88. The zero-order valence-corrected chi connectivity index (χ0v) is 20.3. The van der Waals surface area contributed by atoms with Crippen molar-refractivity contribution in [1.82, 2.24) is 15.5 Å². The first-order chi connectivity index (χ1) is 13.3. The van der Waals surface area contributed by atoms with Crippen molar-refractivity contribution in [2.45, 2.75) is 51.7 Å². The molecule has 2 rings (SSSR count). The van der Waals surface area contributed by atoms with Gasteiger partial charge in [0.05, 0.1) is 32.5 Å². The van der Waals surface area contributed by atoms with Gasteiger partial charge < -0.3 is 24.8 Å². The maximum Gasteiger partial charge on any atom is 0.191 e. The number of hydrogen-bond donors (Lipinski definition) is 2. The number of morpholine rings is 1. The van der Waals surface area contributed by atoms with Crippen LogP contribution in [-0.4, -0.2) is 89.3 Å². The van der Waals surface area contributed by atoms with Gasteiger partial charge in [0.1, 0.15) is 0 Å². The van der Waals surface area contributed by atoms with Gasteiger partial charge in [0.25, 0.3) is 0 Å². The van der Waals surface area contributed by atoms with Crippen LogP contribution in [0.3, 0.4) is 0 Å². The topological polar surface area (TPSA) is 67.4 Å². The van der Waals surface area contributed by atoms with Gasteiger partial charge >= 0.3 is 0 Å². The molecule has 28 heavy (non-hydrogen) atoms. The highest BCUT2D eigenvalue weighted by atomic mass is 127. The van der Waals surface area contributed by atoms with E-state index in [9.17, 15) is 0 Å². The number of ether oxygens (including phenoxy) is 3. The minimum atomic E-state index is 0. The standard InChI is InChI=1S/C20H40N4O3.HI/c1-4-17(5-2)19(24-9-13-25-14-10-24)15-23-20(21-3)22-8-12-26-16-18-7-6-11-27-18;/h17-19H,4-16H2,1-3H3,(H2,21,22,23);1H. The van der Waals surface area contributed by atoms with E-state index in [2.05, 4.69) is 34.4 Å². The van der Waals surface area contributed by atoms with Crippen LogP contribution >= 0.6 is 24.0 Å². The first-order valence-electron chi connectivity index (χ1n) is 10.7. The Balaban J connectivity index is 0.00000392.